The van der Waals surface area contributed by atoms with Crippen LogP contribution >= 0.6 is 0 Å². The van der Waals surface area contributed by atoms with Crippen LogP contribution in [0.2, 0.25) is 0 Å². The molecule has 1 heterocycles. The van der Waals surface area contributed by atoms with Gasteiger partial charge in [-0.1, -0.05) is 0 Å². The lowest BCUT2D eigenvalue weighted by molar-refractivity contribution is -0.136. The molecule has 0 radical (unpaired) electrons. The van der Waals surface area contributed by atoms with Gasteiger partial charge in [-0.2, -0.15) is 0 Å². The highest BCUT2D eigenvalue weighted by Crippen LogP contribution is 2.22. The van der Waals surface area contributed by atoms with Gasteiger partial charge in [0.05, 0.1) is 0 Å². The van der Waals surface area contributed by atoms with Gasteiger partial charge in [-0.25, -0.2) is 4.79 Å². The minimum Gasteiger partial charge on any atom is -0.508 e. The third kappa shape index (κ3) is 2.44. The topological polar surface area (TPSA) is 87.7 Å². The average Bonchev–Trinajstić information content (AvgIpc) is 2.24. The molecular formula is C12H10O5. The first-order chi connectivity index (χ1) is 8.06. The molecule has 0 saturated heterocycles. The van der Waals surface area contributed by atoms with Crippen LogP contribution in [0.1, 0.15) is 12.0 Å². The molecule has 0 saturated carbocycles. The smallest absolute Gasteiger partial charge is 0.336 e. The van der Waals surface area contributed by atoms with Gasteiger partial charge in [0, 0.05) is 23.9 Å². The molecule has 17 heavy (non-hydrogen) atoms. The number of phenols is 1. The van der Waals surface area contributed by atoms with E-state index in [4.69, 9.17) is 9.52 Å². The Labute approximate surface area is 95.9 Å². The van der Waals surface area contributed by atoms with E-state index in [1.807, 2.05) is 0 Å². The summed E-state index contributed by atoms with van der Waals surface area (Å²) in [5.74, 6) is -0.929. The van der Waals surface area contributed by atoms with Gasteiger partial charge in [0.1, 0.15) is 11.3 Å². The molecule has 2 N–H and O–H groups in total. The van der Waals surface area contributed by atoms with Gasteiger partial charge in [-0.15, -0.1) is 0 Å². The zero-order valence-electron chi connectivity index (χ0n) is 8.84. The molecule has 0 aliphatic rings. The Morgan fingerprint density at radius 1 is 1.29 bits per heavy atom. The van der Waals surface area contributed by atoms with E-state index >= 15 is 0 Å². The van der Waals surface area contributed by atoms with Crippen LogP contribution in [-0.4, -0.2) is 16.2 Å². The van der Waals surface area contributed by atoms with Crippen molar-refractivity contribution in [3.8, 4) is 5.75 Å². The molecular weight excluding hydrogens is 224 g/mol. The lowest BCUT2D eigenvalue weighted by Gasteiger charge is -2.03. The molecule has 0 spiro atoms. The monoisotopic (exact) mass is 234 g/mol. The zero-order valence-corrected chi connectivity index (χ0v) is 8.84. The number of carbonyl (C=O) groups is 1. The summed E-state index contributed by atoms with van der Waals surface area (Å²) in [7, 11) is 0. The highest BCUT2D eigenvalue weighted by molar-refractivity contribution is 5.82. The van der Waals surface area contributed by atoms with E-state index in [1.165, 1.54) is 18.2 Å². The van der Waals surface area contributed by atoms with Crippen molar-refractivity contribution in [2.24, 2.45) is 0 Å². The van der Waals surface area contributed by atoms with E-state index in [-0.39, 0.29) is 24.2 Å². The maximum Gasteiger partial charge on any atom is 0.336 e. The quantitative estimate of drug-likeness (QED) is 0.786. The fraction of sp³-hybridized carbons (Fsp3) is 0.167. The van der Waals surface area contributed by atoms with Gasteiger partial charge >= 0.3 is 11.6 Å². The molecule has 88 valence electrons. The number of carboxylic acids is 1. The normalized spacial score (nSPS) is 10.6. The van der Waals surface area contributed by atoms with Crippen LogP contribution in [-0.2, 0) is 11.2 Å². The van der Waals surface area contributed by atoms with Crippen molar-refractivity contribution in [1.29, 1.82) is 0 Å². The van der Waals surface area contributed by atoms with Gasteiger partial charge in [-0.05, 0) is 24.1 Å². The summed E-state index contributed by atoms with van der Waals surface area (Å²) in [5.41, 5.74) is 0.319. The molecule has 0 aliphatic carbocycles. The van der Waals surface area contributed by atoms with E-state index in [0.717, 1.165) is 0 Å². The van der Waals surface area contributed by atoms with Crippen LogP contribution in [0.4, 0.5) is 0 Å². The van der Waals surface area contributed by atoms with Gasteiger partial charge in [0.2, 0.25) is 0 Å². The lowest BCUT2D eigenvalue weighted by Crippen LogP contribution is -2.03. The molecule has 0 unspecified atom stereocenters. The number of hydrogen-bond donors (Lipinski definition) is 2. The second kappa shape index (κ2) is 4.29. The molecule has 2 rings (SSSR count). The number of phenolic OH excluding ortho intramolecular Hbond substituents is 1. The first kappa shape index (κ1) is 11.2. The molecule has 0 aliphatic heterocycles. The van der Waals surface area contributed by atoms with Crippen molar-refractivity contribution in [2.75, 3.05) is 0 Å². The van der Waals surface area contributed by atoms with Crippen molar-refractivity contribution >= 4 is 16.9 Å². The van der Waals surface area contributed by atoms with Crippen LogP contribution < -0.4 is 5.63 Å². The third-order valence-electron chi connectivity index (χ3n) is 2.42. The van der Waals surface area contributed by atoms with Crippen molar-refractivity contribution in [1.82, 2.24) is 0 Å². The van der Waals surface area contributed by atoms with E-state index in [1.54, 1.807) is 6.07 Å². The molecule has 0 atom stereocenters. The summed E-state index contributed by atoms with van der Waals surface area (Å²) in [6.45, 7) is 0. The van der Waals surface area contributed by atoms with Crippen molar-refractivity contribution in [3.05, 3.63) is 40.2 Å². The summed E-state index contributed by atoms with van der Waals surface area (Å²) < 4.78 is 4.93. The van der Waals surface area contributed by atoms with Crippen LogP contribution in [0, 0.1) is 0 Å². The van der Waals surface area contributed by atoms with Crippen LogP contribution in [0.15, 0.2) is 33.5 Å². The third-order valence-corrected chi connectivity index (χ3v) is 2.42. The van der Waals surface area contributed by atoms with Crippen LogP contribution in [0.25, 0.3) is 11.0 Å². The number of aryl methyl sites for hydroxylation is 1. The number of carboxylic acid groups (broad SMARTS) is 1. The fourth-order valence-electron chi connectivity index (χ4n) is 1.67. The molecule has 1 aromatic heterocycles. The minimum absolute atomic E-state index is 0.00367. The highest BCUT2D eigenvalue weighted by atomic mass is 16.4. The maximum absolute atomic E-state index is 11.3. The largest absolute Gasteiger partial charge is 0.508 e. The summed E-state index contributed by atoms with van der Waals surface area (Å²) in [6, 6.07) is 5.68. The number of hydrogen-bond acceptors (Lipinski definition) is 4. The van der Waals surface area contributed by atoms with Gasteiger partial charge in [0.15, 0.2) is 0 Å². The second-order valence-corrected chi connectivity index (χ2v) is 3.66. The van der Waals surface area contributed by atoms with E-state index in [2.05, 4.69) is 0 Å². The van der Waals surface area contributed by atoms with Crippen molar-refractivity contribution < 1.29 is 19.4 Å². The number of benzene rings is 1. The Morgan fingerprint density at radius 3 is 2.76 bits per heavy atom. The number of aromatic hydroxyl groups is 1. The lowest BCUT2D eigenvalue weighted by atomic mass is 10.1. The Kier molecular flexibility index (Phi) is 2.82. The second-order valence-electron chi connectivity index (χ2n) is 3.66. The summed E-state index contributed by atoms with van der Waals surface area (Å²) >= 11 is 0. The highest BCUT2D eigenvalue weighted by Gasteiger charge is 2.08. The van der Waals surface area contributed by atoms with E-state index in [9.17, 15) is 14.7 Å². The van der Waals surface area contributed by atoms with Gasteiger partial charge < -0.3 is 14.6 Å². The Balaban J connectivity index is 2.53. The van der Waals surface area contributed by atoms with E-state index in [0.29, 0.717) is 10.9 Å². The number of fused-ring (bicyclic) bond motifs is 1. The average molecular weight is 234 g/mol. The summed E-state index contributed by atoms with van der Waals surface area (Å²) in [5, 5.41) is 18.5. The zero-order chi connectivity index (χ0) is 12.4. The Bertz CT molecular complexity index is 626. The number of aliphatic carboxylic acids is 1. The molecule has 2 aromatic rings. The standard InChI is InChI=1S/C12H10O5/c13-8-2-3-9-7(1-4-11(14)15)5-12(16)17-10(9)6-8/h2-3,5-6,13H,1,4H2,(H,14,15). The molecule has 0 fully saturated rings. The predicted molar refractivity (Wildman–Crippen MR) is 60.1 cm³/mol. The minimum atomic E-state index is -0.926. The van der Waals surface area contributed by atoms with Gasteiger partial charge in [-0.3, -0.25) is 4.79 Å². The molecule has 0 amide bonds. The molecule has 5 nitrogen and oxygen atoms in total. The molecule has 1 aromatic carbocycles. The first-order valence-electron chi connectivity index (χ1n) is 5.04. The fourth-order valence-corrected chi connectivity index (χ4v) is 1.67. The molecule has 5 heteroatoms. The predicted octanol–water partition coefficient (Wildman–Crippen LogP) is 1.52. The number of rotatable bonds is 3. The van der Waals surface area contributed by atoms with E-state index < -0.39 is 11.6 Å². The maximum atomic E-state index is 11.3. The SMILES string of the molecule is O=C(O)CCc1cc(=O)oc2cc(O)ccc12. The van der Waals surface area contributed by atoms with Crippen LogP contribution in [0.3, 0.4) is 0 Å². The summed E-state index contributed by atoms with van der Waals surface area (Å²) in [4.78, 5) is 21.8. The first-order valence-corrected chi connectivity index (χ1v) is 5.04. The Hall–Kier alpha value is -2.30. The van der Waals surface area contributed by atoms with Crippen molar-refractivity contribution in [3.63, 3.8) is 0 Å². The van der Waals surface area contributed by atoms with Crippen molar-refractivity contribution in [2.45, 2.75) is 12.8 Å². The Morgan fingerprint density at radius 2 is 2.06 bits per heavy atom. The molecule has 0 bridgehead atoms. The van der Waals surface area contributed by atoms with Gasteiger partial charge in [0.25, 0.3) is 0 Å². The van der Waals surface area contributed by atoms with Crippen LogP contribution in [0.5, 0.6) is 5.75 Å². The summed E-state index contributed by atoms with van der Waals surface area (Å²) in [6.07, 6.45) is 0.196.